The molecule has 2 aliphatic heterocycles. The fraction of sp³-hybridized carbons (Fsp3) is 0.593. The van der Waals surface area contributed by atoms with Crippen molar-refractivity contribution in [2.75, 3.05) is 7.05 Å². The maximum atomic E-state index is 14.8. The van der Waals surface area contributed by atoms with Gasteiger partial charge in [-0.15, -0.1) is 0 Å². The Hall–Kier alpha value is -7.10. The van der Waals surface area contributed by atoms with Crippen LogP contribution in [0.3, 0.4) is 0 Å². The average Bonchev–Trinajstić information content (AvgIpc) is 3.36. The van der Waals surface area contributed by atoms with E-state index in [4.69, 9.17) is 4.74 Å². The molecule has 76 heavy (non-hydrogen) atoms. The molecule has 0 aliphatic carbocycles. The Kier molecular flexibility index (Phi) is 23.2. The van der Waals surface area contributed by atoms with Crippen molar-refractivity contribution in [1.82, 2.24) is 41.7 Å². The number of phenolic OH excluding ortho intramolecular Hbond substituents is 1. The smallest absolute Gasteiger partial charge is 0.329 e. The zero-order valence-corrected chi connectivity index (χ0v) is 45.0. The molecular formula is C54H78N8O14. The highest BCUT2D eigenvalue weighted by molar-refractivity contribution is 5.98. The van der Waals surface area contributed by atoms with Gasteiger partial charge < -0.3 is 61.8 Å². The molecule has 2 heterocycles. The molecule has 2 aliphatic rings. The summed E-state index contributed by atoms with van der Waals surface area (Å²) in [5.41, 5.74) is 1.19. The number of piperidine rings is 1. The molecule has 2 bridgehead atoms. The number of nitrogens with zero attached hydrogens (tertiary/aromatic N) is 2. The van der Waals surface area contributed by atoms with E-state index < -0.39 is 145 Å². The number of esters is 1. The molecule has 8 amide bonds. The summed E-state index contributed by atoms with van der Waals surface area (Å²) in [6.45, 7) is 13.4. The number of carboxylic acids is 1. The largest absolute Gasteiger partial charge is 0.508 e. The van der Waals surface area contributed by atoms with E-state index in [-0.39, 0.29) is 50.2 Å². The van der Waals surface area contributed by atoms with Crippen LogP contribution in [0.15, 0.2) is 54.6 Å². The minimum atomic E-state index is -1.76. The number of hydrogen-bond acceptors (Lipinski definition) is 13. The molecule has 22 nitrogen and oxygen atoms in total. The number of cyclic esters (lactones) is 1. The lowest BCUT2D eigenvalue weighted by molar-refractivity contribution is -0.167. The Bertz CT molecular complexity index is 2370. The molecule has 0 spiro atoms. The molecule has 2 aromatic rings. The van der Waals surface area contributed by atoms with Gasteiger partial charge in [0.2, 0.25) is 47.3 Å². The van der Waals surface area contributed by atoms with Crippen LogP contribution < -0.4 is 31.9 Å². The molecule has 4 rings (SSSR count). The van der Waals surface area contributed by atoms with Gasteiger partial charge in [-0.3, -0.25) is 38.4 Å². The van der Waals surface area contributed by atoms with Crippen molar-refractivity contribution in [3.05, 3.63) is 65.7 Å². The quantitative estimate of drug-likeness (QED) is 0.0903. The number of amides is 8. The van der Waals surface area contributed by atoms with Crippen molar-refractivity contribution in [3.8, 4) is 5.75 Å². The van der Waals surface area contributed by atoms with Gasteiger partial charge in [-0.1, -0.05) is 97.4 Å². The summed E-state index contributed by atoms with van der Waals surface area (Å²) in [5, 5.41) is 47.0. The third-order valence-electron chi connectivity index (χ3n) is 13.7. The molecule has 0 radical (unpaired) electrons. The van der Waals surface area contributed by atoms with Crippen LogP contribution >= 0.6 is 0 Å². The van der Waals surface area contributed by atoms with Crippen LogP contribution in [0.25, 0.3) is 0 Å². The van der Waals surface area contributed by atoms with E-state index in [2.05, 4.69) is 31.9 Å². The van der Waals surface area contributed by atoms with E-state index in [1.54, 1.807) is 78.8 Å². The minimum Gasteiger partial charge on any atom is -0.508 e. The van der Waals surface area contributed by atoms with Gasteiger partial charge in [-0.2, -0.15) is 0 Å². The van der Waals surface area contributed by atoms with Crippen LogP contribution in [-0.4, -0.2) is 152 Å². The number of aliphatic hydroxyl groups is 1. The van der Waals surface area contributed by atoms with E-state index in [0.29, 0.717) is 24.0 Å². The molecule has 22 heteroatoms. The first-order valence-electron chi connectivity index (χ1n) is 26.2. The molecule has 9 N–H and O–H groups in total. The number of benzene rings is 2. The number of carbonyl (C=O) groups excluding carboxylic acids is 9. The van der Waals surface area contributed by atoms with Crippen LogP contribution in [0.2, 0.25) is 0 Å². The molecule has 2 aromatic carbocycles. The fourth-order valence-corrected chi connectivity index (χ4v) is 9.19. The second kappa shape index (κ2) is 28.7. The zero-order chi connectivity index (χ0) is 56.6. The summed E-state index contributed by atoms with van der Waals surface area (Å²) in [6, 6.07) is 3.32. The number of hydrogen-bond donors (Lipinski definition) is 9. The summed E-state index contributed by atoms with van der Waals surface area (Å²) in [6.07, 6.45) is -3.43. The molecule has 2 fully saturated rings. The van der Waals surface area contributed by atoms with Crippen LogP contribution in [-0.2, 0) is 65.5 Å². The van der Waals surface area contributed by atoms with E-state index >= 15 is 0 Å². The molecule has 418 valence electrons. The van der Waals surface area contributed by atoms with Crippen LogP contribution in [0.4, 0.5) is 0 Å². The first kappa shape index (κ1) is 61.4. The second-order valence-electron chi connectivity index (χ2n) is 20.6. The highest BCUT2D eigenvalue weighted by Crippen LogP contribution is 2.27. The van der Waals surface area contributed by atoms with E-state index in [0.717, 1.165) is 4.90 Å². The third kappa shape index (κ3) is 17.2. The van der Waals surface area contributed by atoms with Crippen molar-refractivity contribution in [2.45, 2.75) is 180 Å². The number of likely N-dealkylation sites (N-methyl/N-ethyl adjacent to an activating group) is 1. The van der Waals surface area contributed by atoms with E-state index in [1.165, 1.54) is 43.1 Å². The summed E-state index contributed by atoms with van der Waals surface area (Å²) in [4.78, 5) is 142. The number of rotatable bonds is 19. The zero-order valence-electron chi connectivity index (χ0n) is 45.0. The van der Waals surface area contributed by atoms with Crippen LogP contribution in [0.1, 0.15) is 118 Å². The van der Waals surface area contributed by atoms with Crippen LogP contribution in [0.5, 0.6) is 5.75 Å². The van der Waals surface area contributed by atoms with Gasteiger partial charge >= 0.3 is 11.9 Å². The Morgan fingerprint density at radius 1 is 0.776 bits per heavy atom. The van der Waals surface area contributed by atoms with E-state index in [9.17, 15) is 63.3 Å². The SMILES string of the molecule is CCCC(=O)N[C@@H](Cc1ccc(O)cc1)C(=O)N[C@@H](CCC(=O)N[C@@H]1C(=O)N[C@@H](CC(C)C)C(=O)N[C@H]2CC[C@@H](O)N(C2=O)[C@@H](C(C)C)C(=O)N(C)[C@@H](Cc2ccccc2)C(=O)NC([C@@H](C)CC)C(=O)O[C@@H]1C)C(=O)O. The predicted octanol–water partition coefficient (Wildman–Crippen LogP) is 1.58. The lowest BCUT2D eigenvalue weighted by Crippen LogP contribution is -2.66. The van der Waals surface area contributed by atoms with Crippen molar-refractivity contribution in [1.29, 1.82) is 0 Å². The maximum Gasteiger partial charge on any atom is 0.329 e. The Morgan fingerprint density at radius 3 is 2.03 bits per heavy atom. The number of aliphatic hydroxyl groups excluding tert-OH is 1. The maximum absolute atomic E-state index is 14.8. The number of nitrogens with one attached hydrogen (secondary N) is 6. The standard InChI is InChI=1S/C54H78N8O14/c1-10-15-41(64)55-39(27-34-18-20-35(63)21-19-34)48(68)57-37(53(73)74)22-24-42(65)59-45-32(8)76-54(75)44(31(7)11-2)60-49(69)40(28-33-16-13-12-14-17-33)61(9)52(72)46(30(5)6)62-43(66)25-23-36(51(62)71)56-47(67)38(26-29(3)4)58-50(45)70/h12-14,16-21,29-32,36-40,43-46,63,66H,10-11,15,22-28H2,1-9H3,(H,55,64)(H,56,67)(H,57,68)(H,58,70)(H,59,65)(H,60,69)(H,73,74)/t31-,32+,36-,37-,38-,39-,40-,43+,44?,45-,46-/m0/s1. The van der Waals surface area contributed by atoms with Gasteiger partial charge in [0.15, 0.2) is 0 Å². The summed E-state index contributed by atoms with van der Waals surface area (Å²) < 4.78 is 5.92. The second-order valence-corrected chi connectivity index (χ2v) is 20.6. The van der Waals surface area contributed by atoms with Gasteiger partial charge in [0.05, 0.1) is 0 Å². The lowest BCUT2D eigenvalue weighted by Gasteiger charge is -2.44. The van der Waals surface area contributed by atoms with Gasteiger partial charge in [-0.05, 0) is 80.0 Å². The summed E-state index contributed by atoms with van der Waals surface area (Å²) in [7, 11) is 1.39. The number of fused-ring (bicyclic) bond motifs is 2. The topological polar surface area (TPSA) is 319 Å². The Morgan fingerprint density at radius 2 is 1.43 bits per heavy atom. The third-order valence-corrected chi connectivity index (χ3v) is 13.7. The summed E-state index contributed by atoms with van der Waals surface area (Å²) >= 11 is 0. The molecule has 1 unspecified atom stereocenters. The molecular weight excluding hydrogens is 985 g/mol. The number of phenols is 1. The van der Waals surface area contributed by atoms with Crippen molar-refractivity contribution < 1.29 is 68.0 Å². The summed E-state index contributed by atoms with van der Waals surface area (Å²) in [5.74, 6) is -10.4. The number of ether oxygens (including phenoxy) is 1. The number of aromatic hydroxyl groups is 1. The highest BCUT2D eigenvalue weighted by atomic mass is 16.5. The number of carboxylic acid groups (broad SMARTS) is 1. The van der Waals surface area contributed by atoms with Gasteiger partial charge in [0.25, 0.3) is 0 Å². The Labute approximate surface area is 444 Å². The molecule has 0 aromatic heterocycles. The molecule has 0 saturated carbocycles. The van der Waals surface area contributed by atoms with Crippen LogP contribution in [0, 0.1) is 17.8 Å². The highest BCUT2D eigenvalue weighted by Gasteiger charge is 2.47. The van der Waals surface area contributed by atoms with Crippen molar-refractivity contribution in [2.24, 2.45) is 17.8 Å². The minimum absolute atomic E-state index is 0.00904. The molecule has 2 saturated heterocycles. The first-order chi connectivity index (χ1) is 35.9. The van der Waals surface area contributed by atoms with Gasteiger partial charge in [0.1, 0.15) is 66.4 Å². The molecule has 11 atom stereocenters. The predicted molar refractivity (Wildman–Crippen MR) is 277 cm³/mol. The Balaban J connectivity index is 1.73. The van der Waals surface area contributed by atoms with Gasteiger partial charge in [-0.25, -0.2) is 9.59 Å². The monoisotopic (exact) mass is 1060 g/mol. The fourth-order valence-electron chi connectivity index (χ4n) is 9.19. The normalized spacial score (nSPS) is 24.4. The van der Waals surface area contributed by atoms with Crippen molar-refractivity contribution >= 4 is 59.2 Å². The number of carbonyl (C=O) groups is 10. The first-order valence-corrected chi connectivity index (χ1v) is 26.2. The van der Waals surface area contributed by atoms with E-state index in [1.807, 2.05) is 0 Å². The van der Waals surface area contributed by atoms with Gasteiger partial charge in [0, 0.05) is 32.7 Å². The number of aliphatic carboxylic acids is 1. The lowest BCUT2D eigenvalue weighted by atomic mass is 9.93. The van der Waals surface area contributed by atoms with Crippen molar-refractivity contribution in [3.63, 3.8) is 0 Å². The average molecular weight is 1060 g/mol.